The van der Waals surface area contributed by atoms with E-state index in [1.807, 2.05) is 51.5 Å². The second-order valence-electron chi connectivity index (χ2n) is 8.33. The summed E-state index contributed by atoms with van der Waals surface area (Å²) >= 11 is 0. The van der Waals surface area contributed by atoms with E-state index in [4.69, 9.17) is 4.42 Å². The number of furan rings is 1. The van der Waals surface area contributed by atoms with Gasteiger partial charge in [0.2, 0.25) is 0 Å². The summed E-state index contributed by atoms with van der Waals surface area (Å²) in [5, 5.41) is 8.48. The number of nitrogens with zero attached hydrogens (tertiary/aromatic N) is 4. The Morgan fingerprint density at radius 1 is 1.03 bits per heavy atom. The highest BCUT2D eigenvalue weighted by atomic mass is 19.1. The lowest BCUT2D eigenvalue weighted by atomic mass is 10.0. The molecule has 3 heterocycles. The van der Waals surface area contributed by atoms with E-state index in [2.05, 4.69) is 45.5 Å². The zero-order chi connectivity index (χ0) is 23.1. The minimum Gasteiger partial charge on any atom is -0.461 e. The van der Waals surface area contributed by atoms with Crippen molar-refractivity contribution in [2.45, 2.75) is 26.8 Å². The van der Waals surface area contributed by atoms with Gasteiger partial charge in [-0.25, -0.2) is 14.4 Å². The molecule has 0 radical (unpaired) electrons. The van der Waals surface area contributed by atoms with Crippen LogP contribution in [0.4, 0.5) is 10.2 Å². The van der Waals surface area contributed by atoms with Gasteiger partial charge >= 0.3 is 0 Å². The lowest BCUT2D eigenvalue weighted by Gasteiger charge is -2.17. The molecule has 0 saturated carbocycles. The van der Waals surface area contributed by atoms with Gasteiger partial charge in [-0.3, -0.25) is 4.68 Å². The molecule has 0 fully saturated rings. The third-order valence-corrected chi connectivity index (χ3v) is 5.74. The second kappa shape index (κ2) is 8.16. The van der Waals surface area contributed by atoms with Crippen molar-refractivity contribution in [3.05, 3.63) is 83.9 Å². The Bertz CT molecular complexity index is 1470. The predicted molar refractivity (Wildman–Crippen MR) is 127 cm³/mol. The van der Waals surface area contributed by atoms with Crippen molar-refractivity contribution in [1.29, 1.82) is 0 Å². The van der Waals surface area contributed by atoms with Gasteiger partial charge in [0.05, 0.1) is 18.2 Å². The number of nitrogens with one attached hydrogen (secondary N) is 1. The molecule has 6 nitrogen and oxygen atoms in total. The minimum absolute atomic E-state index is 0.000828. The fraction of sp³-hybridized carbons (Fsp3) is 0.192. The van der Waals surface area contributed by atoms with Crippen molar-refractivity contribution in [3.8, 4) is 22.4 Å². The maximum Gasteiger partial charge on any atom is 0.169 e. The van der Waals surface area contributed by atoms with Crippen LogP contribution in [0.15, 0.2) is 65.5 Å². The number of hydrogen-bond acceptors (Lipinski definition) is 5. The molecule has 5 aromatic rings. The summed E-state index contributed by atoms with van der Waals surface area (Å²) in [6.45, 7) is 5.81. The molecule has 0 aliphatic heterocycles. The van der Waals surface area contributed by atoms with Gasteiger partial charge < -0.3 is 9.73 Å². The van der Waals surface area contributed by atoms with Crippen LogP contribution < -0.4 is 5.32 Å². The molecule has 166 valence electrons. The number of hydrogen-bond donors (Lipinski definition) is 1. The highest BCUT2D eigenvalue weighted by molar-refractivity contribution is 5.86. The summed E-state index contributed by atoms with van der Waals surface area (Å²) in [4.78, 5) is 9.10. The van der Waals surface area contributed by atoms with Crippen molar-refractivity contribution in [2.24, 2.45) is 7.05 Å². The van der Waals surface area contributed by atoms with Crippen LogP contribution in [0.3, 0.4) is 0 Å². The molecule has 3 aromatic heterocycles. The van der Waals surface area contributed by atoms with E-state index >= 15 is 0 Å². The number of anilines is 1. The average molecular weight is 442 g/mol. The Hall–Kier alpha value is -4.00. The van der Waals surface area contributed by atoms with Gasteiger partial charge in [0, 0.05) is 41.9 Å². The SMILES string of the molecule is Cc1nc(NC(C)c2cccc(-c3cnn(C)c3)c2)cc(-c2cc(F)c3occ(C)c3c2)n1. The molecule has 0 saturated heterocycles. The minimum atomic E-state index is -0.401. The number of aryl methyl sites for hydroxylation is 3. The van der Waals surface area contributed by atoms with Crippen LogP contribution in [-0.4, -0.2) is 19.7 Å². The van der Waals surface area contributed by atoms with Crippen molar-refractivity contribution in [2.75, 3.05) is 5.32 Å². The Morgan fingerprint density at radius 2 is 1.88 bits per heavy atom. The molecule has 0 amide bonds. The van der Waals surface area contributed by atoms with Gasteiger partial charge in [-0.2, -0.15) is 5.10 Å². The van der Waals surface area contributed by atoms with Gasteiger partial charge in [0.1, 0.15) is 11.6 Å². The Balaban J connectivity index is 1.45. The van der Waals surface area contributed by atoms with E-state index in [9.17, 15) is 4.39 Å². The highest BCUT2D eigenvalue weighted by Gasteiger charge is 2.14. The molecular weight excluding hydrogens is 417 g/mol. The van der Waals surface area contributed by atoms with Crippen LogP contribution in [0, 0.1) is 19.7 Å². The van der Waals surface area contributed by atoms with Crippen LogP contribution in [0.25, 0.3) is 33.4 Å². The van der Waals surface area contributed by atoms with E-state index < -0.39 is 5.82 Å². The molecule has 1 atom stereocenters. The van der Waals surface area contributed by atoms with Crippen LogP contribution in [0.1, 0.15) is 29.9 Å². The van der Waals surface area contributed by atoms with Gasteiger partial charge in [-0.1, -0.05) is 18.2 Å². The first-order chi connectivity index (χ1) is 15.9. The fourth-order valence-corrected chi connectivity index (χ4v) is 4.02. The standard InChI is InChI=1S/C26H24FN5O/c1-15-14-33-26-22(15)9-20(10-23(26)27)24-11-25(31-17(3)30-24)29-16(2)18-6-5-7-19(8-18)21-12-28-32(4)13-21/h5-14,16H,1-4H3,(H,29,30,31). The average Bonchev–Trinajstić information content (AvgIpc) is 3.39. The van der Waals surface area contributed by atoms with Gasteiger partial charge in [0.15, 0.2) is 11.4 Å². The lowest BCUT2D eigenvalue weighted by Crippen LogP contribution is -2.09. The van der Waals surface area contributed by atoms with E-state index in [1.165, 1.54) is 6.07 Å². The summed E-state index contributed by atoms with van der Waals surface area (Å²) in [6, 6.07) is 13.6. The lowest BCUT2D eigenvalue weighted by molar-refractivity contribution is 0.559. The van der Waals surface area contributed by atoms with Crippen molar-refractivity contribution in [1.82, 2.24) is 19.7 Å². The third-order valence-electron chi connectivity index (χ3n) is 5.74. The number of benzene rings is 2. The first kappa shape index (κ1) is 20.9. The topological polar surface area (TPSA) is 68.8 Å². The van der Waals surface area contributed by atoms with Crippen LogP contribution >= 0.6 is 0 Å². The number of fused-ring (bicyclic) bond motifs is 1. The van der Waals surface area contributed by atoms with Gasteiger partial charge in [0.25, 0.3) is 0 Å². The van der Waals surface area contributed by atoms with E-state index in [0.717, 1.165) is 27.6 Å². The summed E-state index contributed by atoms with van der Waals surface area (Å²) in [5.74, 6) is 0.888. The predicted octanol–water partition coefficient (Wildman–Crippen LogP) is 6.22. The number of aromatic nitrogens is 4. The summed E-state index contributed by atoms with van der Waals surface area (Å²) in [6.07, 6.45) is 5.42. The number of rotatable bonds is 5. The molecule has 0 aliphatic rings. The quantitative estimate of drug-likeness (QED) is 0.351. The molecule has 1 unspecified atom stereocenters. The van der Waals surface area contributed by atoms with Crippen LogP contribution in [0.2, 0.25) is 0 Å². The second-order valence-corrected chi connectivity index (χ2v) is 8.33. The smallest absolute Gasteiger partial charge is 0.169 e. The normalized spacial score (nSPS) is 12.3. The summed E-state index contributed by atoms with van der Waals surface area (Å²) < 4.78 is 21.7. The van der Waals surface area contributed by atoms with E-state index in [-0.39, 0.29) is 11.6 Å². The van der Waals surface area contributed by atoms with Crippen LogP contribution in [-0.2, 0) is 7.05 Å². The zero-order valence-corrected chi connectivity index (χ0v) is 18.9. The Morgan fingerprint density at radius 3 is 2.67 bits per heavy atom. The Labute approximate surface area is 191 Å². The molecule has 33 heavy (non-hydrogen) atoms. The van der Waals surface area contributed by atoms with Crippen molar-refractivity contribution in [3.63, 3.8) is 0 Å². The maximum atomic E-state index is 14.6. The summed E-state index contributed by atoms with van der Waals surface area (Å²) in [5.41, 5.74) is 5.79. The first-order valence-electron chi connectivity index (χ1n) is 10.8. The van der Waals surface area contributed by atoms with E-state index in [0.29, 0.717) is 22.9 Å². The molecular formula is C26H24FN5O. The highest BCUT2D eigenvalue weighted by Crippen LogP contribution is 2.31. The Kier molecular flexibility index (Phi) is 5.17. The molecule has 0 aliphatic carbocycles. The van der Waals surface area contributed by atoms with Crippen LogP contribution in [0.5, 0.6) is 0 Å². The van der Waals surface area contributed by atoms with Gasteiger partial charge in [-0.15, -0.1) is 0 Å². The molecule has 7 heteroatoms. The van der Waals surface area contributed by atoms with Gasteiger partial charge in [-0.05, 0) is 55.7 Å². The molecule has 0 spiro atoms. The molecule has 1 N–H and O–H groups in total. The third kappa shape index (κ3) is 4.09. The molecule has 5 rings (SSSR count). The summed E-state index contributed by atoms with van der Waals surface area (Å²) in [7, 11) is 1.91. The zero-order valence-electron chi connectivity index (χ0n) is 18.9. The monoisotopic (exact) mass is 441 g/mol. The molecule has 2 aromatic carbocycles. The molecule has 0 bridgehead atoms. The first-order valence-corrected chi connectivity index (χ1v) is 10.8. The largest absolute Gasteiger partial charge is 0.461 e. The fourth-order valence-electron chi connectivity index (χ4n) is 4.02. The van der Waals surface area contributed by atoms with Crippen molar-refractivity contribution >= 4 is 16.8 Å². The maximum absolute atomic E-state index is 14.6. The van der Waals surface area contributed by atoms with Crippen molar-refractivity contribution < 1.29 is 8.81 Å². The van der Waals surface area contributed by atoms with E-state index in [1.54, 1.807) is 10.9 Å². The number of halogens is 1.